The zero-order valence-electron chi connectivity index (χ0n) is 11.3. The Hall–Kier alpha value is -1.96. The molecule has 1 aliphatic carbocycles. The smallest absolute Gasteiger partial charge is 0.244 e. The predicted molar refractivity (Wildman–Crippen MR) is 70.1 cm³/mol. The molecule has 1 aliphatic heterocycles. The summed E-state index contributed by atoms with van der Waals surface area (Å²) in [5, 5.41) is 16.6. The first kappa shape index (κ1) is 12.1. The van der Waals surface area contributed by atoms with Crippen molar-refractivity contribution in [3.63, 3.8) is 0 Å². The highest BCUT2D eigenvalue weighted by molar-refractivity contribution is 5.54. The Morgan fingerprint density at radius 1 is 1.47 bits per heavy atom. The van der Waals surface area contributed by atoms with E-state index in [9.17, 15) is 5.26 Å². The van der Waals surface area contributed by atoms with Gasteiger partial charge in [-0.2, -0.15) is 5.26 Å². The van der Waals surface area contributed by atoms with Crippen molar-refractivity contribution in [2.45, 2.75) is 44.9 Å². The van der Waals surface area contributed by atoms with Crippen LogP contribution in [0, 0.1) is 24.2 Å². The highest BCUT2D eigenvalue weighted by Gasteiger charge is 2.48. The fourth-order valence-electron chi connectivity index (χ4n) is 3.48. The van der Waals surface area contributed by atoms with Crippen LogP contribution < -0.4 is 10.5 Å². The average molecular weight is 258 g/mol. The Morgan fingerprint density at radius 2 is 2.16 bits per heavy atom. The summed E-state index contributed by atoms with van der Waals surface area (Å²) in [6.45, 7) is 4.24. The minimum atomic E-state index is -0.296. The number of allylic oxidation sites excluding steroid dienone is 1. The third-order valence-corrected chi connectivity index (χ3v) is 4.56. The first-order chi connectivity index (χ1) is 9.08. The monoisotopic (exact) mass is 258 g/mol. The maximum atomic E-state index is 9.50. The van der Waals surface area contributed by atoms with Gasteiger partial charge in [0.25, 0.3) is 0 Å². The number of aromatic amines is 1. The molecule has 5 heteroatoms. The Bertz CT molecular complexity index is 585. The van der Waals surface area contributed by atoms with E-state index in [2.05, 4.69) is 23.2 Å². The molecule has 0 unspecified atom stereocenters. The molecule has 3 N–H and O–H groups in total. The first-order valence-corrected chi connectivity index (χ1v) is 6.72. The molecule has 0 saturated heterocycles. The van der Waals surface area contributed by atoms with Crippen LogP contribution in [0.2, 0.25) is 0 Å². The van der Waals surface area contributed by atoms with Gasteiger partial charge in [0, 0.05) is 16.7 Å². The van der Waals surface area contributed by atoms with E-state index in [1.807, 2.05) is 6.92 Å². The number of hydrogen-bond donors (Lipinski definition) is 2. The Labute approximate surface area is 112 Å². The van der Waals surface area contributed by atoms with Crippen LogP contribution in [0.25, 0.3) is 0 Å². The molecule has 0 amide bonds. The van der Waals surface area contributed by atoms with E-state index in [1.54, 1.807) is 0 Å². The quantitative estimate of drug-likeness (QED) is 0.747. The minimum absolute atomic E-state index is 0.219. The van der Waals surface area contributed by atoms with Crippen molar-refractivity contribution >= 4 is 0 Å². The maximum absolute atomic E-state index is 9.50. The largest absolute Gasteiger partial charge is 0.420 e. The van der Waals surface area contributed by atoms with Crippen molar-refractivity contribution in [2.24, 2.45) is 11.7 Å². The molecule has 1 fully saturated rings. The minimum Gasteiger partial charge on any atom is -0.420 e. The molecule has 0 bridgehead atoms. The molecule has 0 atom stereocenters. The van der Waals surface area contributed by atoms with Gasteiger partial charge in [-0.1, -0.05) is 6.92 Å². The molecule has 1 spiro atoms. The van der Waals surface area contributed by atoms with Crippen LogP contribution in [0.5, 0.6) is 5.88 Å². The van der Waals surface area contributed by atoms with Crippen LogP contribution in [0.1, 0.15) is 43.9 Å². The summed E-state index contributed by atoms with van der Waals surface area (Å²) in [4.78, 5) is 0. The van der Waals surface area contributed by atoms with E-state index in [-0.39, 0.29) is 11.3 Å². The van der Waals surface area contributed by atoms with Crippen LogP contribution in [0.4, 0.5) is 0 Å². The van der Waals surface area contributed by atoms with Crippen LogP contribution >= 0.6 is 0 Å². The van der Waals surface area contributed by atoms with Crippen LogP contribution in [-0.2, 0) is 5.41 Å². The molecule has 1 saturated carbocycles. The number of rotatable bonds is 0. The number of nitriles is 1. The molecule has 3 rings (SSSR count). The number of nitrogens with two attached hydrogens (primary N) is 1. The van der Waals surface area contributed by atoms with Gasteiger partial charge in [0.2, 0.25) is 11.8 Å². The third kappa shape index (κ3) is 1.56. The van der Waals surface area contributed by atoms with E-state index in [1.165, 1.54) is 0 Å². The summed E-state index contributed by atoms with van der Waals surface area (Å²) in [5.41, 5.74) is 8.23. The van der Waals surface area contributed by atoms with Gasteiger partial charge in [-0.05, 0) is 38.5 Å². The van der Waals surface area contributed by atoms with Gasteiger partial charge in [0.1, 0.15) is 11.6 Å². The van der Waals surface area contributed by atoms with E-state index >= 15 is 0 Å². The van der Waals surface area contributed by atoms with Crippen molar-refractivity contribution in [3.8, 4) is 11.9 Å². The average Bonchev–Trinajstić information content (AvgIpc) is 2.75. The van der Waals surface area contributed by atoms with E-state index in [0.717, 1.165) is 36.9 Å². The third-order valence-electron chi connectivity index (χ3n) is 4.56. The van der Waals surface area contributed by atoms with Gasteiger partial charge in [0.15, 0.2) is 0 Å². The lowest BCUT2D eigenvalue weighted by Crippen LogP contribution is -2.38. The number of aromatic nitrogens is 2. The van der Waals surface area contributed by atoms with Crippen molar-refractivity contribution in [1.82, 2.24) is 10.2 Å². The second kappa shape index (κ2) is 4.02. The van der Waals surface area contributed by atoms with Crippen molar-refractivity contribution in [1.29, 1.82) is 5.26 Å². The second-order valence-corrected chi connectivity index (χ2v) is 5.75. The summed E-state index contributed by atoms with van der Waals surface area (Å²) < 4.78 is 5.50. The fraction of sp³-hybridized carbons (Fsp3) is 0.571. The normalized spacial score (nSPS) is 29.8. The number of aryl methyl sites for hydroxylation is 1. The van der Waals surface area contributed by atoms with Gasteiger partial charge in [-0.15, -0.1) is 5.10 Å². The topological polar surface area (TPSA) is 87.7 Å². The first-order valence-electron chi connectivity index (χ1n) is 6.72. The lowest BCUT2D eigenvalue weighted by atomic mass is 9.62. The Balaban J connectivity index is 2.18. The molecule has 0 aromatic carbocycles. The van der Waals surface area contributed by atoms with E-state index in [0.29, 0.717) is 17.4 Å². The highest BCUT2D eigenvalue weighted by Crippen LogP contribution is 2.52. The predicted octanol–water partition coefficient (Wildman–Crippen LogP) is 2.25. The van der Waals surface area contributed by atoms with Crippen LogP contribution in [0.3, 0.4) is 0 Å². The molecule has 1 aromatic rings. The van der Waals surface area contributed by atoms with Gasteiger partial charge < -0.3 is 10.5 Å². The number of ether oxygens (including phenoxy) is 1. The maximum Gasteiger partial charge on any atom is 0.244 e. The van der Waals surface area contributed by atoms with Gasteiger partial charge in [0.05, 0.1) is 0 Å². The van der Waals surface area contributed by atoms with Crippen LogP contribution in [0.15, 0.2) is 11.5 Å². The molecule has 100 valence electrons. The zero-order valence-corrected chi connectivity index (χ0v) is 11.3. The molecule has 0 radical (unpaired) electrons. The molecule has 2 heterocycles. The van der Waals surface area contributed by atoms with Crippen molar-refractivity contribution in [3.05, 3.63) is 22.7 Å². The van der Waals surface area contributed by atoms with Gasteiger partial charge >= 0.3 is 0 Å². The molecular formula is C14H18N4O. The zero-order chi connectivity index (χ0) is 13.6. The number of H-pyrrole nitrogens is 1. The van der Waals surface area contributed by atoms with Crippen molar-refractivity contribution < 1.29 is 4.74 Å². The lowest BCUT2D eigenvalue weighted by molar-refractivity contribution is 0.247. The highest BCUT2D eigenvalue weighted by atomic mass is 16.5. The number of hydrogen-bond acceptors (Lipinski definition) is 4. The SMILES string of the molecule is Cc1[nH]nc2c1C1(CCC(C)CC1)C(C#N)=C(N)O2. The molecule has 1 aromatic heterocycles. The van der Waals surface area contributed by atoms with Crippen LogP contribution in [-0.4, -0.2) is 10.2 Å². The Morgan fingerprint density at radius 3 is 2.79 bits per heavy atom. The number of nitrogens with one attached hydrogen (secondary N) is 1. The number of fused-ring (bicyclic) bond motifs is 2. The van der Waals surface area contributed by atoms with Gasteiger partial charge in [-0.25, -0.2) is 0 Å². The molecule has 2 aliphatic rings. The number of nitrogens with zero attached hydrogens (tertiary/aromatic N) is 2. The Kier molecular flexibility index (Phi) is 2.56. The van der Waals surface area contributed by atoms with E-state index < -0.39 is 0 Å². The summed E-state index contributed by atoms with van der Waals surface area (Å²) >= 11 is 0. The summed E-state index contributed by atoms with van der Waals surface area (Å²) in [7, 11) is 0. The van der Waals surface area contributed by atoms with E-state index in [4.69, 9.17) is 10.5 Å². The molecule has 5 nitrogen and oxygen atoms in total. The fourth-order valence-corrected chi connectivity index (χ4v) is 3.48. The van der Waals surface area contributed by atoms with Gasteiger partial charge in [-0.3, -0.25) is 5.10 Å². The molecular weight excluding hydrogens is 240 g/mol. The lowest BCUT2D eigenvalue weighted by Gasteiger charge is -2.41. The summed E-state index contributed by atoms with van der Waals surface area (Å²) in [6.07, 6.45) is 4.08. The summed E-state index contributed by atoms with van der Waals surface area (Å²) in [5.74, 6) is 1.46. The summed E-state index contributed by atoms with van der Waals surface area (Å²) in [6, 6.07) is 2.27. The standard InChI is InChI=1S/C14H18N4O/c1-8-3-5-14(6-4-8)10(7-15)12(16)19-13-11(14)9(2)17-18-13/h8H,3-6,16H2,1-2H3,(H,17,18). The van der Waals surface area contributed by atoms with Crippen molar-refractivity contribution in [2.75, 3.05) is 0 Å². The molecule has 19 heavy (non-hydrogen) atoms. The second-order valence-electron chi connectivity index (χ2n) is 5.75.